The van der Waals surface area contributed by atoms with Gasteiger partial charge in [0.25, 0.3) is 0 Å². The Kier molecular flexibility index (Phi) is 8.68. The van der Waals surface area contributed by atoms with Gasteiger partial charge in [-0.05, 0) is 74.4 Å². The number of nitrogens with zero attached hydrogens (tertiary/aromatic N) is 4. The smallest absolute Gasteiger partial charge is 0.221 e. The highest BCUT2D eigenvalue weighted by molar-refractivity contribution is 7.80. The first kappa shape index (κ1) is 28.1. The van der Waals surface area contributed by atoms with Gasteiger partial charge >= 0.3 is 0 Å². The van der Waals surface area contributed by atoms with Crippen molar-refractivity contribution in [1.29, 1.82) is 0 Å². The molecule has 40 heavy (non-hydrogen) atoms. The van der Waals surface area contributed by atoms with Gasteiger partial charge < -0.3 is 29.6 Å². The standard InChI is InChI=1S/C30H38N6O3S/c1-20-18-24(21(2)35(20)13-7-12-34-14-16-39-17-15-34)29-28(25-8-5-6-11-31-25)33-30(40)36(29)23-9-10-27(38-4)26(19-23)32-22(3)37/h5-6,8-11,18-19,28-29H,7,12-17H2,1-4H3,(H,32,37)(H,33,40)/t28-,29-/m0/s1. The van der Waals surface area contributed by atoms with E-state index < -0.39 is 0 Å². The predicted molar refractivity (Wildman–Crippen MR) is 161 cm³/mol. The number of amides is 1. The molecular formula is C30H38N6O3S. The van der Waals surface area contributed by atoms with Crippen molar-refractivity contribution in [2.24, 2.45) is 0 Å². The molecule has 1 amide bonds. The summed E-state index contributed by atoms with van der Waals surface area (Å²) in [6.45, 7) is 11.5. The van der Waals surface area contributed by atoms with Crippen molar-refractivity contribution in [3.63, 3.8) is 0 Å². The normalized spacial score (nSPS) is 19.5. The van der Waals surface area contributed by atoms with Crippen LogP contribution in [0.5, 0.6) is 5.75 Å². The number of hydrogen-bond acceptors (Lipinski definition) is 6. The SMILES string of the molecule is COc1ccc(N2C(=S)N[C@@H](c3ccccn3)[C@@H]2c2cc(C)n(CCCN3CCOCC3)c2C)cc1NC(C)=O. The monoisotopic (exact) mass is 562 g/mol. The van der Waals surface area contributed by atoms with E-state index in [0.717, 1.165) is 57.2 Å². The number of anilines is 2. The largest absolute Gasteiger partial charge is 0.495 e. The van der Waals surface area contributed by atoms with Gasteiger partial charge in [0, 0.05) is 56.4 Å². The molecule has 4 heterocycles. The molecule has 10 heteroatoms. The summed E-state index contributed by atoms with van der Waals surface area (Å²) in [6, 6.07) is 13.7. The van der Waals surface area contributed by atoms with Crippen LogP contribution in [0.3, 0.4) is 0 Å². The fourth-order valence-corrected chi connectivity index (χ4v) is 6.18. The lowest BCUT2D eigenvalue weighted by atomic mass is 9.96. The molecule has 212 valence electrons. The summed E-state index contributed by atoms with van der Waals surface area (Å²) in [5, 5.41) is 7.05. The molecule has 2 fully saturated rings. The Morgan fingerprint density at radius 1 is 1.18 bits per heavy atom. The Hall–Kier alpha value is -3.47. The molecule has 0 radical (unpaired) electrons. The number of hydrogen-bond donors (Lipinski definition) is 2. The third kappa shape index (κ3) is 5.84. The lowest BCUT2D eigenvalue weighted by molar-refractivity contribution is -0.114. The van der Waals surface area contributed by atoms with Gasteiger partial charge in [0.05, 0.1) is 43.8 Å². The lowest BCUT2D eigenvalue weighted by Gasteiger charge is -2.29. The van der Waals surface area contributed by atoms with E-state index in [0.29, 0.717) is 16.5 Å². The third-order valence-corrected chi connectivity index (χ3v) is 8.08. The summed E-state index contributed by atoms with van der Waals surface area (Å²) < 4.78 is 13.4. The Morgan fingerprint density at radius 3 is 2.67 bits per heavy atom. The van der Waals surface area contributed by atoms with Gasteiger partial charge in [-0.1, -0.05) is 6.07 Å². The van der Waals surface area contributed by atoms with E-state index in [9.17, 15) is 4.79 Å². The van der Waals surface area contributed by atoms with Crippen LogP contribution in [-0.4, -0.2) is 65.4 Å². The molecule has 2 aromatic heterocycles. The molecule has 9 nitrogen and oxygen atoms in total. The number of nitrogens with one attached hydrogen (secondary N) is 2. The van der Waals surface area contributed by atoms with Crippen LogP contribution < -0.4 is 20.3 Å². The number of rotatable bonds is 9. The number of ether oxygens (including phenoxy) is 2. The Balaban J connectivity index is 1.51. The average Bonchev–Trinajstić information content (AvgIpc) is 3.44. The minimum absolute atomic E-state index is 0.139. The number of methoxy groups -OCH3 is 1. The van der Waals surface area contributed by atoms with Crippen molar-refractivity contribution in [3.8, 4) is 5.75 Å². The Labute approximate surface area is 241 Å². The van der Waals surface area contributed by atoms with E-state index in [1.54, 1.807) is 7.11 Å². The average molecular weight is 563 g/mol. The fraction of sp³-hybridized carbons (Fsp3) is 0.433. The second-order valence-electron chi connectivity index (χ2n) is 10.3. The molecule has 2 N–H and O–H groups in total. The van der Waals surface area contributed by atoms with Crippen molar-refractivity contribution < 1.29 is 14.3 Å². The minimum atomic E-state index is -0.166. The number of carbonyl (C=O) groups excluding carboxylic acids is 1. The summed E-state index contributed by atoms with van der Waals surface area (Å²) in [5.74, 6) is 0.425. The summed E-state index contributed by atoms with van der Waals surface area (Å²) in [5.41, 5.74) is 6.03. The van der Waals surface area contributed by atoms with Crippen LogP contribution in [0, 0.1) is 13.8 Å². The van der Waals surface area contributed by atoms with Crippen LogP contribution in [0.2, 0.25) is 0 Å². The molecule has 2 saturated heterocycles. The molecule has 2 aliphatic heterocycles. The third-order valence-electron chi connectivity index (χ3n) is 7.76. The topological polar surface area (TPSA) is 83.9 Å². The number of thiocarbonyl (C=S) groups is 1. The highest BCUT2D eigenvalue weighted by atomic mass is 32.1. The van der Waals surface area contributed by atoms with E-state index in [1.807, 2.05) is 42.6 Å². The molecule has 0 spiro atoms. The van der Waals surface area contributed by atoms with E-state index in [4.69, 9.17) is 26.7 Å². The number of aromatic nitrogens is 2. The van der Waals surface area contributed by atoms with E-state index in [1.165, 1.54) is 23.9 Å². The number of pyridine rings is 1. The van der Waals surface area contributed by atoms with E-state index >= 15 is 0 Å². The Morgan fingerprint density at radius 2 is 1.98 bits per heavy atom. The van der Waals surface area contributed by atoms with E-state index in [2.05, 4.69) is 44.9 Å². The van der Waals surface area contributed by atoms with Gasteiger partial charge in [0.15, 0.2) is 5.11 Å². The lowest BCUT2D eigenvalue weighted by Crippen LogP contribution is -2.37. The molecule has 0 saturated carbocycles. The second kappa shape index (κ2) is 12.4. The van der Waals surface area contributed by atoms with Crippen LogP contribution in [0.15, 0.2) is 48.7 Å². The van der Waals surface area contributed by atoms with Gasteiger partial charge in [-0.3, -0.25) is 14.7 Å². The van der Waals surface area contributed by atoms with Crippen LogP contribution in [0.1, 0.15) is 48.1 Å². The maximum absolute atomic E-state index is 11.9. The van der Waals surface area contributed by atoms with Gasteiger partial charge in [-0.25, -0.2) is 0 Å². The summed E-state index contributed by atoms with van der Waals surface area (Å²) in [6.07, 6.45) is 2.89. The zero-order chi connectivity index (χ0) is 28.2. The molecule has 1 aromatic carbocycles. The maximum atomic E-state index is 11.9. The molecule has 5 rings (SSSR count). The van der Waals surface area contributed by atoms with Gasteiger partial charge in [-0.15, -0.1) is 0 Å². The number of morpholine rings is 1. The zero-order valence-electron chi connectivity index (χ0n) is 23.6. The molecule has 0 aliphatic carbocycles. The maximum Gasteiger partial charge on any atom is 0.221 e. The summed E-state index contributed by atoms with van der Waals surface area (Å²) in [7, 11) is 1.59. The molecule has 2 aliphatic rings. The first-order chi connectivity index (χ1) is 19.4. The van der Waals surface area contributed by atoms with Crippen LogP contribution in [-0.2, 0) is 16.1 Å². The van der Waals surface area contributed by atoms with Crippen molar-refractivity contribution in [3.05, 3.63) is 71.3 Å². The van der Waals surface area contributed by atoms with Crippen molar-refractivity contribution in [2.75, 3.05) is 50.2 Å². The van der Waals surface area contributed by atoms with Gasteiger partial charge in [-0.2, -0.15) is 0 Å². The van der Waals surface area contributed by atoms with Gasteiger partial charge in [0.1, 0.15) is 5.75 Å². The number of carbonyl (C=O) groups is 1. The molecule has 0 bridgehead atoms. The minimum Gasteiger partial charge on any atom is -0.495 e. The second-order valence-corrected chi connectivity index (χ2v) is 10.7. The highest BCUT2D eigenvalue weighted by Crippen LogP contribution is 2.44. The van der Waals surface area contributed by atoms with Crippen molar-refractivity contribution in [1.82, 2.24) is 19.8 Å². The van der Waals surface area contributed by atoms with Crippen LogP contribution >= 0.6 is 12.2 Å². The summed E-state index contributed by atoms with van der Waals surface area (Å²) >= 11 is 5.94. The summed E-state index contributed by atoms with van der Waals surface area (Å²) in [4.78, 5) is 21.2. The zero-order valence-corrected chi connectivity index (χ0v) is 24.5. The van der Waals surface area contributed by atoms with Gasteiger partial charge in [0.2, 0.25) is 5.91 Å². The number of benzene rings is 1. The van der Waals surface area contributed by atoms with Crippen molar-refractivity contribution in [2.45, 2.75) is 45.8 Å². The van der Waals surface area contributed by atoms with Crippen LogP contribution in [0.25, 0.3) is 0 Å². The fourth-order valence-electron chi connectivity index (χ4n) is 5.83. The Bertz CT molecular complexity index is 1350. The molecular weight excluding hydrogens is 524 g/mol. The molecule has 2 atom stereocenters. The highest BCUT2D eigenvalue weighted by Gasteiger charge is 2.42. The van der Waals surface area contributed by atoms with Crippen molar-refractivity contribution >= 4 is 34.6 Å². The first-order valence-electron chi connectivity index (χ1n) is 13.8. The van der Waals surface area contributed by atoms with E-state index in [-0.39, 0.29) is 18.0 Å². The van der Waals surface area contributed by atoms with Crippen LogP contribution in [0.4, 0.5) is 11.4 Å². The molecule has 3 aromatic rings. The molecule has 0 unspecified atom stereocenters. The quantitative estimate of drug-likeness (QED) is 0.372. The first-order valence-corrected chi connectivity index (χ1v) is 14.2. The number of aryl methyl sites for hydroxylation is 1. The predicted octanol–water partition coefficient (Wildman–Crippen LogP) is 4.37.